The molecule has 0 atom stereocenters. The lowest BCUT2D eigenvalue weighted by molar-refractivity contribution is 0.0254. The molecule has 0 spiro atoms. The van der Waals surface area contributed by atoms with Crippen LogP contribution in [0.15, 0.2) is 0 Å². The van der Waals surface area contributed by atoms with E-state index in [-0.39, 0.29) is 12.5 Å². The molecule has 0 aromatic heterocycles. The summed E-state index contributed by atoms with van der Waals surface area (Å²) in [5, 5.41) is 0. The number of hydrogen-bond donors (Lipinski definition) is 2. The zero-order chi connectivity index (χ0) is 23.0. The SMILES string of the molecule is CCCCCCOCCOCCC(CCOCCOCCCCCC)COP(=O)(O)O. The average molecular weight is 471 g/mol. The van der Waals surface area contributed by atoms with Crippen molar-refractivity contribution < 1.29 is 37.8 Å². The third kappa shape index (κ3) is 26.1. The van der Waals surface area contributed by atoms with Gasteiger partial charge in [-0.05, 0) is 31.6 Å². The number of phosphoric ester groups is 1. The molecule has 0 aromatic rings. The Morgan fingerprint density at radius 1 is 0.613 bits per heavy atom. The summed E-state index contributed by atoms with van der Waals surface area (Å²) in [6.07, 6.45) is 10.8. The number of ether oxygens (including phenoxy) is 4. The van der Waals surface area contributed by atoms with Crippen molar-refractivity contribution in [1.29, 1.82) is 0 Å². The summed E-state index contributed by atoms with van der Waals surface area (Å²) in [5.41, 5.74) is 0. The summed E-state index contributed by atoms with van der Waals surface area (Å²) in [6.45, 7) is 9.05. The average Bonchev–Trinajstić information content (AvgIpc) is 2.73. The van der Waals surface area contributed by atoms with Gasteiger partial charge in [0.25, 0.3) is 0 Å². The third-order valence-corrected chi connectivity index (χ3v) is 5.33. The van der Waals surface area contributed by atoms with Gasteiger partial charge < -0.3 is 28.7 Å². The lowest BCUT2D eigenvalue weighted by Gasteiger charge is -2.17. The molecule has 2 N–H and O–H groups in total. The zero-order valence-corrected chi connectivity index (χ0v) is 20.7. The van der Waals surface area contributed by atoms with Crippen LogP contribution in [0.25, 0.3) is 0 Å². The molecule has 0 aliphatic heterocycles. The predicted molar refractivity (Wildman–Crippen MR) is 122 cm³/mol. The van der Waals surface area contributed by atoms with Crippen molar-refractivity contribution in [3.05, 3.63) is 0 Å². The minimum absolute atomic E-state index is 0.0150. The molecule has 0 aromatic carbocycles. The number of rotatable bonds is 25. The molecule has 0 aliphatic carbocycles. The fraction of sp³-hybridized carbons (Fsp3) is 1.00. The quantitative estimate of drug-likeness (QED) is 0.146. The van der Waals surface area contributed by atoms with Crippen molar-refractivity contribution in [2.24, 2.45) is 5.92 Å². The Bertz CT molecular complexity index is 381. The van der Waals surface area contributed by atoms with Crippen LogP contribution >= 0.6 is 7.82 Å². The van der Waals surface area contributed by atoms with E-state index in [1.54, 1.807) is 0 Å². The van der Waals surface area contributed by atoms with E-state index in [1.165, 1.54) is 38.5 Å². The van der Waals surface area contributed by atoms with Crippen molar-refractivity contribution >= 4 is 7.82 Å². The maximum atomic E-state index is 11.0. The fourth-order valence-corrected chi connectivity index (χ4v) is 3.32. The summed E-state index contributed by atoms with van der Waals surface area (Å²) in [5.74, 6) is -0.0439. The zero-order valence-electron chi connectivity index (χ0n) is 19.8. The van der Waals surface area contributed by atoms with E-state index in [0.717, 1.165) is 26.1 Å². The van der Waals surface area contributed by atoms with Crippen molar-refractivity contribution in [3.63, 3.8) is 0 Å². The monoisotopic (exact) mass is 470 g/mol. The maximum Gasteiger partial charge on any atom is 0.469 e. The van der Waals surface area contributed by atoms with Gasteiger partial charge in [0.05, 0.1) is 33.0 Å². The van der Waals surface area contributed by atoms with E-state index in [2.05, 4.69) is 18.4 Å². The molecule has 0 fully saturated rings. The van der Waals surface area contributed by atoms with Crippen LogP contribution in [0.3, 0.4) is 0 Å². The summed E-state index contributed by atoms with van der Waals surface area (Å²) < 4.78 is 37.9. The summed E-state index contributed by atoms with van der Waals surface area (Å²) in [7, 11) is -4.47. The van der Waals surface area contributed by atoms with E-state index in [9.17, 15) is 4.57 Å². The van der Waals surface area contributed by atoms with Gasteiger partial charge >= 0.3 is 7.82 Å². The smallest absolute Gasteiger partial charge is 0.379 e. The molecule has 0 heterocycles. The highest BCUT2D eigenvalue weighted by atomic mass is 31.2. The first-order valence-electron chi connectivity index (χ1n) is 12.0. The normalized spacial score (nSPS) is 12.2. The van der Waals surface area contributed by atoms with Crippen LogP contribution in [0.2, 0.25) is 0 Å². The molecule has 0 rings (SSSR count). The molecule has 8 nitrogen and oxygen atoms in total. The molecule has 0 radical (unpaired) electrons. The molecular formula is C22H47O8P. The summed E-state index contributed by atoms with van der Waals surface area (Å²) >= 11 is 0. The van der Waals surface area contributed by atoms with Gasteiger partial charge in [0.2, 0.25) is 0 Å². The van der Waals surface area contributed by atoms with Gasteiger partial charge in [-0.15, -0.1) is 0 Å². The van der Waals surface area contributed by atoms with Crippen LogP contribution in [0.4, 0.5) is 0 Å². The van der Waals surface area contributed by atoms with Crippen LogP contribution in [-0.2, 0) is 28.0 Å². The molecule has 0 unspecified atom stereocenters. The predicted octanol–water partition coefficient (Wildman–Crippen LogP) is 4.72. The Morgan fingerprint density at radius 2 is 1.03 bits per heavy atom. The Morgan fingerprint density at radius 3 is 1.42 bits per heavy atom. The largest absolute Gasteiger partial charge is 0.469 e. The van der Waals surface area contributed by atoms with Crippen molar-refractivity contribution in [1.82, 2.24) is 0 Å². The minimum Gasteiger partial charge on any atom is -0.379 e. The van der Waals surface area contributed by atoms with E-state index in [1.807, 2.05) is 0 Å². The second kappa shape index (κ2) is 23.1. The molecular weight excluding hydrogens is 423 g/mol. The number of unbranched alkanes of at least 4 members (excludes halogenated alkanes) is 6. The molecule has 188 valence electrons. The fourth-order valence-electron chi connectivity index (χ4n) is 2.92. The second-order valence-corrected chi connectivity index (χ2v) is 9.04. The lowest BCUT2D eigenvalue weighted by atomic mass is 10.0. The van der Waals surface area contributed by atoms with Gasteiger partial charge in [0, 0.05) is 26.4 Å². The van der Waals surface area contributed by atoms with Gasteiger partial charge in [-0.3, -0.25) is 4.52 Å². The van der Waals surface area contributed by atoms with Crippen LogP contribution in [0, 0.1) is 5.92 Å². The number of phosphoric acid groups is 1. The highest BCUT2D eigenvalue weighted by Gasteiger charge is 2.18. The first kappa shape index (κ1) is 30.9. The van der Waals surface area contributed by atoms with Crippen molar-refractivity contribution in [2.75, 3.05) is 59.5 Å². The van der Waals surface area contributed by atoms with Crippen molar-refractivity contribution in [2.45, 2.75) is 78.1 Å². The maximum absolute atomic E-state index is 11.0. The molecule has 0 aliphatic rings. The molecule has 0 saturated heterocycles. The van der Waals surface area contributed by atoms with E-state index in [0.29, 0.717) is 52.5 Å². The van der Waals surface area contributed by atoms with Crippen LogP contribution in [0.5, 0.6) is 0 Å². The van der Waals surface area contributed by atoms with E-state index < -0.39 is 7.82 Å². The Kier molecular flexibility index (Phi) is 23.1. The molecule has 0 bridgehead atoms. The Hall–Kier alpha value is -0.0500. The summed E-state index contributed by atoms with van der Waals surface area (Å²) in [6, 6.07) is 0. The molecule has 0 amide bonds. The molecule has 0 saturated carbocycles. The van der Waals surface area contributed by atoms with Gasteiger partial charge in [0.15, 0.2) is 0 Å². The highest BCUT2D eigenvalue weighted by Crippen LogP contribution is 2.36. The Balaban J connectivity index is 3.77. The third-order valence-electron chi connectivity index (χ3n) is 4.85. The van der Waals surface area contributed by atoms with Gasteiger partial charge in [0.1, 0.15) is 0 Å². The standard InChI is InChI=1S/C22H47O8P/c1-3-5-7-9-13-26-17-19-28-15-11-22(21-30-31(23,24)25)12-16-29-20-18-27-14-10-8-6-4-2/h22H,3-21H2,1-2H3,(H2,23,24,25). The molecule has 31 heavy (non-hydrogen) atoms. The summed E-state index contributed by atoms with van der Waals surface area (Å²) in [4.78, 5) is 17.9. The number of hydrogen-bond acceptors (Lipinski definition) is 6. The van der Waals surface area contributed by atoms with Crippen LogP contribution in [0.1, 0.15) is 78.1 Å². The van der Waals surface area contributed by atoms with E-state index >= 15 is 0 Å². The topological polar surface area (TPSA) is 104 Å². The molecule has 9 heteroatoms. The first-order chi connectivity index (χ1) is 15.0. The van der Waals surface area contributed by atoms with E-state index in [4.69, 9.17) is 28.7 Å². The minimum atomic E-state index is -4.47. The lowest BCUT2D eigenvalue weighted by Crippen LogP contribution is -2.16. The second-order valence-electron chi connectivity index (χ2n) is 7.80. The van der Waals surface area contributed by atoms with Gasteiger partial charge in [-0.2, -0.15) is 0 Å². The Labute approximate surface area is 189 Å². The van der Waals surface area contributed by atoms with Crippen LogP contribution in [-0.4, -0.2) is 69.2 Å². The van der Waals surface area contributed by atoms with Crippen molar-refractivity contribution in [3.8, 4) is 0 Å². The highest BCUT2D eigenvalue weighted by molar-refractivity contribution is 7.46. The van der Waals surface area contributed by atoms with Crippen LogP contribution < -0.4 is 0 Å². The van der Waals surface area contributed by atoms with Gasteiger partial charge in [-0.25, -0.2) is 4.57 Å². The first-order valence-corrected chi connectivity index (χ1v) is 13.5. The van der Waals surface area contributed by atoms with Gasteiger partial charge in [-0.1, -0.05) is 52.4 Å².